The Morgan fingerprint density at radius 3 is 2.08 bits per heavy atom. The summed E-state index contributed by atoms with van der Waals surface area (Å²) in [5, 5.41) is 4.43. The summed E-state index contributed by atoms with van der Waals surface area (Å²) in [6.07, 6.45) is 1.04. The van der Waals surface area contributed by atoms with Crippen LogP contribution in [0.4, 0.5) is 5.69 Å². The lowest BCUT2D eigenvalue weighted by Gasteiger charge is -2.13. The molecule has 3 rings (SSSR count). The predicted octanol–water partition coefficient (Wildman–Crippen LogP) is 6.75. The van der Waals surface area contributed by atoms with Crippen LogP contribution in [-0.2, 0) is 19.6 Å². The molecule has 0 aliphatic heterocycles. The Balaban J connectivity index is 1.64. The smallest absolute Gasteiger partial charge is 0.156 e. The largest absolute Gasteiger partial charge is 0.486 e. The first-order valence-corrected chi connectivity index (χ1v) is 9.38. The van der Waals surface area contributed by atoms with Crippen LogP contribution in [0.3, 0.4) is 0 Å². The van der Waals surface area contributed by atoms with Gasteiger partial charge in [0.05, 0.1) is 10.0 Å². The van der Waals surface area contributed by atoms with Crippen LogP contribution in [-0.4, -0.2) is 0 Å². The Bertz CT molecular complexity index is 825. The number of aryl methyl sites for hydroxylation is 1. The molecule has 0 amide bonds. The summed E-state index contributed by atoms with van der Waals surface area (Å²) in [4.78, 5) is 0. The Labute approximate surface area is 164 Å². The Hall–Kier alpha value is -2.16. The lowest BCUT2D eigenvalue weighted by Crippen LogP contribution is -2.01. The third-order valence-electron chi connectivity index (χ3n) is 4.14. The summed E-state index contributed by atoms with van der Waals surface area (Å²) in [5.41, 5.74) is 4.47. The van der Waals surface area contributed by atoms with Gasteiger partial charge < -0.3 is 10.1 Å². The topological polar surface area (TPSA) is 21.3 Å². The number of anilines is 1. The quantitative estimate of drug-likeness (QED) is 0.485. The van der Waals surface area contributed by atoms with E-state index >= 15 is 0 Å². The number of ether oxygens (including phenoxy) is 1. The molecule has 2 nitrogen and oxygen atoms in total. The number of halogens is 2. The van der Waals surface area contributed by atoms with E-state index in [1.165, 1.54) is 5.56 Å². The monoisotopic (exact) mass is 385 g/mol. The van der Waals surface area contributed by atoms with Crippen LogP contribution in [0.1, 0.15) is 23.6 Å². The molecule has 3 aromatic rings. The zero-order chi connectivity index (χ0) is 18.4. The number of benzene rings is 3. The fourth-order valence-corrected chi connectivity index (χ4v) is 3.29. The molecular formula is C22H21Cl2NO. The van der Waals surface area contributed by atoms with Crippen molar-refractivity contribution in [3.63, 3.8) is 0 Å². The second-order valence-electron chi connectivity index (χ2n) is 6.07. The van der Waals surface area contributed by atoms with Gasteiger partial charge in [0, 0.05) is 12.2 Å². The summed E-state index contributed by atoms with van der Waals surface area (Å²) < 4.78 is 5.81. The van der Waals surface area contributed by atoms with Gasteiger partial charge in [-0.1, -0.05) is 72.6 Å². The molecule has 0 radical (unpaired) electrons. The highest BCUT2D eigenvalue weighted by Gasteiger charge is 2.10. The van der Waals surface area contributed by atoms with Gasteiger partial charge in [0.15, 0.2) is 5.75 Å². The van der Waals surface area contributed by atoms with Crippen molar-refractivity contribution in [3.05, 3.63) is 93.5 Å². The second-order valence-corrected chi connectivity index (χ2v) is 6.88. The SMILES string of the molecule is CCc1ccc(NCc2cc(Cl)c(OCc3ccccc3)c(Cl)c2)cc1. The van der Waals surface area contributed by atoms with E-state index in [-0.39, 0.29) is 0 Å². The number of hydrogen-bond donors (Lipinski definition) is 1. The molecule has 134 valence electrons. The number of rotatable bonds is 7. The van der Waals surface area contributed by atoms with E-state index in [9.17, 15) is 0 Å². The molecule has 0 spiro atoms. The molecule has 0 fully saturated rings. The van der Waals surface area contributed by atoms with Gasteiger partial charge in [-0.2, -0.15) is 0 Å². The van der Waals surface area contributed by atoms with Crippen LogP contribution >= 0.6 is 23.2 Å². The van der Waals surface area contributed by atoms with Crippen LogP contribution in [0.2, 0.25) is 10.0 Å². The van der Waals surface area contributed by atoms with Crippen molar-refractivity contribution < 1.29 is 4.74 Å². The minimum absolute atomic E-state index is 0.432. The van der Waals surface area contributed by atoms with Crippen molar-refractivity contribution in [1.29, 1.82) is 0 Å². The molecule has 0 saturated heterocycles. The van der Waals surface area contributed by atoms with Crippen molar-refractivity contribution in [2.24, 2.45) is 0 Å². The number of nitrogens with one attached hydrogen (secondary N) is 1. The van der Waals surface area contributed by atoms with Gasteiger partial charge in [-0.15, -0.1) is 0 Å². The molecule has 0 saturated carbocycles. The van der Waals surface area contributed by atoms with E-state index in [1.807, 2.05) is 42.5 Å². The Kier molecular flexibility index (Phi) is 6.43. The molecular weight excluding hydrogens is 365 g/mol. The Morgan fingerprint density at radius 1 is 0.808 bits per heavy atom. The average molecular weight is 386 g/mol. The first kappa shape index (κ1) is 18.6. The summed E-state index contributed by atoms with van der Waals surface area (Å²) in [7, 11) is 0. The van der Waals surface area contributed by atoms with Gasteiger partial charge >= 0.3 is 0 Å². The van der Waals surface area contributed by atoms with Crippen molar-refractivity contribution in [3.8, 4) is 5.75 Å². The van der Waals surface area contributed by atoms with Gasteiger partial charge in [0.25, 0.3) is 0 Å². The van der Waals surface area contributed by atoms with E-state index in [0.717, 1.165) is 23.2 Å². The summed E-state index contributed by atoms with van der Waals surface area (Å²) in [6.45, 7) is 3.22. The molecule has 3 aromatic carbocycles. The van der Waals surface area contributed by atoms with E-state index < -0.39 is 0 Å². The van der Waals surface area contributed by atoms with Crippen molar-refractivity contribution in [2.75, 3.05) is 5.32 Å². The zero-order valence-electron chi connectivity index (χ0n) is 14.6. The maximum Gasteiger partial charge on any atom is 0.156 e. The van der Waals surface area contributed by atoms with E-state index in [2.05, 4.69) is 36.5 Å². The van der Waals surface area contributed by atoms with Gasteiger partial charge in [0.2, 0.25) is 0 Å². The third-order valence-corrected chi connectivity index (χ3v) is 4.70. The molecule has 0 heterocycles. The lowest BCUT2D eigenvalue weighted by molar-refractivity contribution is 0.306. The zero-order valence-corrected chi connectivity index (χ0v) is 16.1. The summed E-state index contributed by atoms with van der Waals surface area (Å²) >= 11 is 12.8. The number of hydrogen-bond acceptors (Lipinski definition) is 2. The van der Waals surface area contributed by atoms with Crippen LogP contribution in [0.15, 0.2) is 66.7 Å². The summed E-state index contributed by atoms with van der Waals surface area (Å²) in [5.74, 6) is 0.522. The fraction of sp³-hybridized carbons (Fsp3) is 0.182. The van der Waals surface area contributed by atoms with Crippen molar-refractivity contribution in [2.45, 2.75) is 26.5 Å². The highest BCUT2D eigenvalue weighted by atomic mass is 35.5. The lowest BCUT2D eigenvalue weighted by atomic mass is 10.1. The molecule has 26 heavy (non-hydrogen) atoms. The van der Waals surface area contributed by atoms with Gasteiger partial charge in [-0.05, 0) is 47.4 Å². The molecule has 0 aromatic heterocycles. The molecule has 0 atom stereocenters. The first-order valence-electron chi connectivity index (χ1n) is 8.63. The summed E-state index contributed by atoms with van der Waals surface area (Å²) in [6, 6.07) is 22.1. The predicted molar refractivity (Wildman–Crippen MR) is 110 cm³/mol. The van der Waals surface area contributed by atoms with Gasteiger partial charge in [-0.25, -0.2) is 0 Å². The minimum Gasteiger partial charge on any atom is -0.486 e. The molecule has 4 heteroatoms. The maximum absolute atomic E-state index is 6.39. The Morgan fingerprint density at radius 2 is 1.46 bits per heavy atom. The van der Waals surface area contributed by atoms with E-state index in [1.54, 1.807) is 0 Å². The van der Waals surface area contributed by atoms with Gasteiger partial charge in [-0.3, -0.25) is 0 Å². The van der Waals surface area contributed by atoms with Crippen LogP contribution < -0.4 is 10.1 Å². The van der Waals surface area contributed by atoms with Gasteiger partial charge in [0.1, 0.15) is 6.61 Å². The fourth-order valence-electron chi connectivity index (χ4n) is 2.64. The maximum atomic E-state index is 6.39. The highest BCUT2D eigenvalue weighted by Crippen LogP contribution is 2.35. The second kappa shape index (κ2) is 8.98. The van der Waals surface area contributed by atoms with E-state index in [0.29, 0.717) is 28.9 Å². The van der Waals surface area contributed by atoms with Crippen molar-refractivity contribution >= 4 is 28.9 Å². The molecule has 0 unspecified atom stereocenters. The van der Waals surface area contributed by atoms with Crippen LogP contribution in [0.25, 0.3) is 0 Å². The minimum atomic E-state index is 0.432. The normalized spacial score (nSPS) is 10.6. The van der Waals surface area contributed by atoms with Crippen LogP contribution in [0.5, 0.6) is 5.75 Å². The molecule has 0 aliphatic rings. The first-order chi connectivity index (χ1) is 12.7. The molecule has 0 aliphatic carbocycles. The van der Waals surface area contributed by atoms with Crippen molar-refractivity contribution in [1.82, 2.24) is 0 Å². The highest BCUT2D eigenvalue weighted by molar-refractivity contribution is 6.37. The molecule has 0 bridgehead atoms. The van der Waals surface area contributed by atoms with E-state index in [4.69, 9.17) is 27.9 Å². The third kappa shape index (κ3) is 4.94. The van der Waals surface area contributed by atoms with Crippen LogP contribution in [0, 0.1) is 0 Å². The molecule has 1 N–H and O–H groups in total. The average Bonchev–Trinajstić information content (AvgIpc) is 2.67. The standard InChI is InChI=1S/C22H21Cl2NO/c1-2-16-8-10-19(11-9-16)25-14-18-12-20(23)22(21(24)13-18)26-15-17-6-4-3-5-7-17/h3-13,25H,2,14-15H2,1H3.